The molecule has 0 amide bonds. The number of carbonyl (C=O) groups is 1. The van der Waals surface area contributed by atoms with Gasteiger partial charge in [-0.25, -0.2) is 24.1 Å². The highest BCUT2D eigenvalue weighted by Crippen LogP contribution is 2.24. The summed E-state index contributed by atoms with van der Waals surface area (Å²) in [6.07, 6.45) is 0. The molecule has 0 aromatic carbocycles. The molecule has 0 saturated carbocycles. The van der Waals surface area contributed by atoms with Crippen LogP contribution in [0.3, 0.4) is 0 Å². The lowest BCUT2D eigenvalue weighted by Gasteiger charge is -2.19. The van der Waals surface area contributed by atoms with Gasteiger partial charge in [-0.1, -0.05) is 0 Å². The van der Waals surface area contributed by atoms with Crippen LogP contribution in [0.15, 0.2) is 10.9 Å². The standard InChI is InChI=1S/C12H13N5O3/c1-4-20-10(18)12(3,6-13)8-5-9-15-16-11(19)17(9)7(2)14-8/h5H,4H2,1-3H3,(H,16,19). The lowest BCUT2D eigenvalue weighted by molar-refractivity contribution is -0.147. The van der Waals surface area contributed by atoms with Gasteiger partial charge in [0.2, 0.25) is 0 Å². The number of esters is 1. The normalized spacial score (nSPS) is 13.7. The van der Waals surface area contributed by atoms with Gasteiger partial charge in [0.05, 0.1) is 18.4 Å². The van der Waals surface area contributed by atoms with E-state index in [1.807, 2.05) is 6.07 Å². The molecule has 0 fully saturated rings. The van der Waals surface area contributed by atoms with Gasteiger partial charge in [0.25, 0.3) is 0 Å². The van der Waals surface area contributed by atoms with E-state index >= 15 is 0 Å². The van der Waals surface area contributed by atoms with Crippen molar-refractivity contribution in [2.24, 2.45) is 0 Å². The molecule has 2 aromatic rings. The minimum Gasteiger partial charge on any atom is -0.465 e. The van der Waals surface area contributed by atoms with Crippen LogP contribution in [0.4, 0.5) is 0 Å². The highest BCUT2D eigenvalue weighted by molar-refractivity contribution is 5.85. The summed E-state index contributed by atoms with van der Waals surface area (Å²) >= 11 is 0. The molecular formula is C12H13N5O3. The molecule has 0 saturated heterocycles. The topological polar surface area (TPSA) is 113 Å². The third-order valence-corrected chi connectivity index (χ3v) is 2.99. The molecule has 0 radical (unpaired) electrons. The lowest BCUT2D eigenvalue weighted by Crippen LogP contribution is -2.34. The van der Waals surface area contributed by atoms with Crippen LogP contribution in [-0.4, -0.2) is 32.2 Å². The van der Waals surface area contributed by atoms with Crippen LogP contribution in [0.25, 0.3) is 5.65 Å². The molecule has 0 aliphatic rings. The molecule has 20 heavy (non-hydrogen) atoms. The number of aromatic nitrogens is 4. The molecule has 0 aliphatic carbocycles. The van der Waals surface area contributed by atoms with Crippen LogP contribution in [0, 0.1) is 18.3 Å². The third-order valence-electron chi connectivity index (χ3n) is 2.99. The van der Waals surface area contributed by atoms with E-state index in [2.05, 4.69) is 15.2 Å². The summed E-state index contributed by atoms with van der Waals surface area (Å²) in [5, 5.41) is 15.4. The zero-order valence-corrected chi connectivity index (χ0v) is 11.3. The number of hydrogen-bond donors (Lipinski definition) is 1. The molecule has 1 atom stereocenters. The second-order valence-electron chi connectivity index (χ2n) is 4.37. The van der Waals surface area contributed by atoms with Gasteiger partial charge in [-0.2, -0.15) is 10.4 Å². The zero-order valence-electron chi connectivity index (χ0n) is 11.3. The largest absolute Gasteiger partial charge is 0.465 e. The van der Waals surface area contributed by atoms with E-state index in [0.717, 1.165) is 0 Å². The predicted molar refractivity (Wildman–Crippen MR) is 67.9 cm³/mol. The summed E-state index contributed by atoms with van der Waals surface area (Å²) in [6, 6.07) is 3.34. The van der Waals surface area contributed by atoms with Crippen molar-refractivity contribution in [2.75, 3.05) is 6.61 Å². The molecule has 2 heterocycles. The number of hydrogen-bond acceptors (Lipinski definition) is 6. The molecule has 8 heteroatoms. The number of rotatable bonds is 3. The van der Waals surface area contributed by atoms with Crippen molar-refractivity contribution < 1.29 is 9.53 Å². The second kappa shape index (κ2) is 4.77. The van der Waals surface area contributed by atoms with Crippen LogP contribution < -0.4 is 5.69 Å². The third kappa shape index (κ3) is 1.93. The van der Waals surface area contributed by atoms with Gasteiger partial charge in [-0.3, -0.25) is 0 Å². The average molecular weight is 275 g/mol. The van der Waals surface area contributed by atoms with E-state index in [1.54, 1.807) is 13.8 Å². The maximum atomic E-state index is 12.0. The van der Waals surface area contributed by atoms with Crippen molar-refractivity contribution in [3.63, 3.8) is 0 Å². The van der Waals surface area contributed by atoms with Gasteiger partial charge < -0.3 is 4.74 Å². The molecule has 104 valence electrons. The SMILES string of the molecule is CCOC(=O)C(C)(C#N)c1cc2n[nH]c(=O)n2c(C)n1. The van der Waals surface area contributed by atoms with Gasteiger partial charge in [0.15, 0.2) is 11.1 Å². The summed E-state index contributed by atoms with van der Waals surface area (Å²) < 4.78 is 6.17. The second-order valence-corrected chi connectivity index (χ2v) is 4.37. The Morgan fingerprint density at radius 3 is 2.95 bits per heavy atom. The van der Waals surface area contributed by atoms with Crippen LogP contribution >= 0.6 is 0 Å². The molecule has 1 unspecified atom stereocenters. The molecule has 1 N–H and O–H groups in total. The van der Waals surface area contributed by atoms with E-state index in [9.17, 15) is 14.9 Å². The molecular weight excluding hydrogens is 262 g/mol. The van der Waals surface area contributed by atoms with Crippen molar-refractivity contribution in [1.82, 2.24) is 19.6 Å². The summed E-state index contributed by atoms with van der Waals surface area (Å²) in [7, 11) is 0. The predicted octanol–water partition coefficient (Wildman–Crippen LogP) is 0.0704. The van der Waals surface area contributed by atoms with Crippen LogP contribution in [0.5, 0.6) is 0 Å². The van der Waals surface area contributed by atoms with Gasteiger partial charge in [-0.05, 0) is 20.8 Å². The molecule has 0 aliphatic heterocycles. The highest BCUT2D eigenvalue weighted by atomic mass is 16.5. The molecule has 2 rings (SSSR count). The van der Waals surface area contributed by atoms with Gasteiger partial charge in [0, 0.05) is 6.07 Å². The van der Waals surface area contributed by atoms with E-state index in [-0.39, 0.29) is 12.3 Å². The summed E-state index contributed by atoms with van der Waals surface area (Å²) in [6.45, 7) is 4.84. The number of aryl methyl sites for hydroxylation is 1. The maximum absolute atomic E-state index is 12.0. The van der Waals surface area contributed by atoms with E-state index in [4.69, 9.17) is 4.74 Å². The fraction of sp³-hybridized carbons (Fsp3) is 0.417. The first-order valence-corrected chi connectivity index (χ1v) is 5.97. The van der Waals surface area contributed by atoms with Gasteiger partial charge >= 0.3 is 11.7 Å². The fourth-order valence-corrected chi connectivity index (χ4v) is 1.84. The first-order chi connectivity index (χ1) is 9.43. The molecule has 8 nitrogen and oxygen atoms in total. The Bertz CT molecular complexity index is 769. The Hall–Kier alpha value is -2.69. The lowest BCUT2D eigenvalue weighted by atomic mass is 9.88. The Morgan fingerprint density at radius 1 is 1.65 bits per heavy atom. The van der Waals surface area contributed by atoms with Crippen molar-refractivity contribution in [3.8, 4) is 6.07 Å². The van der Waals surface area contributed by atoms with Gasteiger partial charge in [0.1, 0.15) is 5.82 Å². The Kier molecular flexibility index (Phi) is 3.28. The highest BCUT2D eigenvalue weighted by Gasteiger charge is 2.39. The zero-order chi connectivity index (χ0) is 14.9. The Balaban J connectivity index is 2.65. The maximum Gasteiger partial charge on any atom is 0.349 e. The number of nitrogens with one attached hydrogen (secondary N) is 1. The smallest absolute Gasteiger partial charge is 0.349 e. The summed E-state index contributed by atoms with van der Waals surface area (Å²) in [5.74, 6) is -0.348. The molecule has 0 spiro atoms. The Labute approximate surface area is 114 Å². The summed E-state index contributed by atoms with van der Waals surface area (Å²) in [5.41, 5.74) is -1.48. The summed E-state index contributed by atoms with van der Waals surface area (Å²) in [4.78, 5) is 27.6. The number of aromatic amines is 1. The Morgan fingerprint density at radius 2 is 2.35 bits per heavy atom. The van der Waals surface area contributed by atoms with E-state index in [1.165, 1.54) is 17.4 Å². The van der Waals surface area contributed by atoms with Crippen LogP contribution in [0.1, 0.15) is 25.4 Å². The minimum atomic E-state index is -1.54. The number of ether oxygens (including phenoxy) is 1. The number of fused-ring (bicyclic) bond motifs is 1. The van der Waals surface area contributed by atoms with E-state index in [0.29, 0.717) is 11.5 Å². The van der Waals surface area contributed by atoms with Crippen LogP contribution in [-0.2, 0) is 14.9 Å². The van der Waals surface area contributed by atoms with Crippen molar-refractivity contribution in [2.45, 2.75) is 26.2 Å². The number of H-pyrrole nitrogens is 1. The number of nitriles is 1. The number of nitrogens with zero attached hydrogens (tertiary/aromatic N) is 4. The average Bonchev–Trinajstić information content (AvgIpc) is 2.80. The monoisotopic (exact) mass is 275 g/mol. The van der Waals surface area contributed by atoms with Crippen molar-refractivity contribution in [1.29, 1.82) is 5.26 Å². The van der Waals surface area contributed by atoms with Crippen molar-refractivity contribution in [3.05, 3.63) is 28.1 Å². The van der Waals surface area contributed by atoms with E-state index < -0.39 is 17.1 Å². The quantitative estimate of drug-likeness (QED) is 0.793. The van der Waals surface area contributed by atoms with Crippen LogP contribution in [0.2, 0.25) is 0 Å². The minimum absolute atomic E-state index is 0.166. The first kappa shape index (κ1) is 13.7. The van der Waals surface area contributed by atoms with Gasteiger partial charge in [-0.15, -0.1) is 0 Å². The molecule has 2 aromatic heterocycles. The van der Waals surface area contributed by atoms with Crippen molar-refractivity contribution >= 4 is 11.6 Å². The number of carbonyl (C=O) groups excluding carboxylic acids is 1. The molecule has 0 bridgehead atoms. The fourth-order valence-electron chi connectivity index (χ4n) is 1.84. The first-order valence-electron chi connectivity index (χ1n) is 5.97.